The maximum atomic E-state index is 12.9. The molecule has 1 unspecified atom stereocenters. The molecule has 1 saturated heterocycles. The lowest BCUT2D eigenvalue weighted by atomic mass is 9.89. The molecule has 0 radical (unpaired) electrons. The minimum Gasteiger partial charge on any atom is -0.507 e. The van der Waals surface area contributed by atoms with Crippen LogP contribution >= 0.6 is 0 Å². The number of phenolic OH excluding ortho intramolecular Hbond substituents is 1. The Labute approximate surface area is 165 Å². The lowest BCUT2D eigenvalue weighted by molar-refractivity contribution is 0.0597. The molecule has 5 heteroatoms. The highest BCUT2D eigenvalue weighted by Gasteiger charge is 2.28. The van der Waals surface area contributed by atoms with Crippen LogP contribution in [0, 0.1) is 5.92 Å². The van der Waals surface area contributed by atoms with Gasteiger partial charge in [0.1, 0.15) is 11.3 Å². The molecule has 0 saturated carbocycles. The Morgan fingerprint density at radius 3 is 2.46 bits per heavy atom. The van der Waals surface area contributed by atoms with Gasteiger partial charge in [-0.25, -0.2) is 4.79 Å². The van der Waals surface area contributed by atoms with E-state index in [4.69, 9.17) is 0 Å². The summed E-state index contributed by atoms with van der Waals surface area (Å²) in [6.07, 6.45) is 3.21. The van der Waals surface area contributed by atoms with Gasteiger partial charge in [-0.05, 0) is 69.0 Å². The van der Waals surface area contributed by atoms with Crippen LogP contribution in [-0.2, 0) is 11.2 Å². The molecule has 3 rings (SSSR count). The van der Waals surface area contributed by atoms with E-state index in [1.165, 1.54) is 24.8 Å². The Kier molecular flexibility index (Phi) is 6.47. The number of hydrogen-bond donors (Lipinski definition) is 1. The summed E-state index contributed by atoms with van der Waals surface area (Å²) < 4.78 is 4.67. The topological polar surface area (TPSA) is 66.8 Å². The molecule has 2 aromatic carbocycles. The molecule has 2 aromatic rings. The molecule has 148 valence electrons. The number of methoxy groups -OCH3 is 1. The Hall–Kier alpha value is -2.66. The van der Waals surface area contributed by atoms with Crippen molar-refractivity contribution in [2.24, 2.45) is 5.92 Å². The molecular weight excluding hydrogens is 354 g/mol. The number of piperidine rings is 1. The van der Waals surface area contributed by atoms with Crippen molar-refractivity contribution in [3.8, 4) is 5.75 Å². The normalized spacial score (nSPS) is 16.5. The third-order valence-corrected chi connectivity index (χ3v) is 5.63. The predicted octanol–water partition coefficient (Wildman–Crippen LogP) is 3.70. The Balaban J connectivity index is 1.61. The molecule has 0 spiro atoms. The van der Waals surface area contributed by atoms with Crippen LogP contribution < -0.4 is 0 Å². The second-order valence-corrected chi connectivity index (χ2v) is 7.43. The molecule has 0 bridgehead atoms. The lowest BCUT2D eigenvalue weighted by Crippen LogP contribution is -2.44. The summed E-state index contributed by atoms with van der Waals surface area (Å²) in [6, 6.07) is 14.6. The van der Waals surface area contributed by atoms with Crippen LogP contribution in [0.5, 0.6) is 5.75 Å². The van der Waals surface area contributed by atoms with E-state index in [0.29, 0.717) is 11.5 Å². The molecule has 1 heterocycles. The monoisotopic (exact) mass is 381 g/mol. The van der Waals surface area contributed by atoms with E-state index < -0.39 is 5.97 Å². The fraction of sp³-hybridized carbons (Fsp3) is 0.391. The molecule has 1 aliphatic rings. The molecule has 0 amide bonds. The zero-order chi connectivity index (χ0) is 20.1. The van der Waals surface area contributed by atoms with Crippen LogP contribution in [-0.4, -0.2) is 48.0 Å². The summed E-state index contributed by atoms with van der Waals surface area (Å²) in [5, 5.41) is 9.83. The Morgan fingerprint density at radius 2 is 1.82 bits per heavy atom. The Bertz CT molecular complexity index is 826. The molecule has 0 aliphatic carbocycles. The quantitative estimate of drug-likeness (QED) is 0.610. The van der Waals surface area contributed by atoms with Crippen molar-refractivity contribution in [3.05, 3.63) is 65.2 Å². The van der Waals surface area contributed by atoms with Gasteiger partial charge in [-0.2, -0.15) is 0 Å². The number of likely N-dealkylation sites (tertiary alicyclic amines) is 1. The Morgan fingerprint density at radius 1 is 1.14 bits per heavy atom. The van der Waals surface area contributed by atoms with Gasteiger partial charge in [0.25, 0.3) is 0 Å². The van der Waals surface area contributed by atoms with Gasteiger partial charge in [0, 0.05) is 5.56 Å². The van der Waals surface area contributed by atoms with Gasteiger partial charge in [0.15, 0.2) is 5.78 Å². The van der Waals surface area contributed by atoms with Gasteiger partial charge in [0.2, 0.25) is 0 Å². The van der Waals surface area contributed by atoms with Gasteiger partial charge in [-0.1, -0.05) is 30.3 Å². The smallest absolute Gasteiger partial charge is 0.341 e. The molecule has 1 aliphatic heterocycles. The zero-order valence-electron chi connectivity index (χ0n) is 16.4. The van der Waals surface area contributed by atoms with E-state index in [2.05, 4.69) is 33.9 Å². The standard InChI is InChI=1S/C23H27NO4/c1-16(22(26)19-8-9-21(25)20(15-19)23(27)28-2)24-12-10-18(11-13-24)14-17-6-4-3-5-7-17/h3-9,15-16,18,25H,10-14H2,1-2H3. The number of carbonyl (C=O) groups excluding carboxylic acids is 2. The van der Waals surface area contributed by atoms with E-state index in [-0.39, 0.29) is 23.1 Å². The third kappa shape index (κ3) is 4.60. The summed E-state index contributed by atoms with van der Waals surface area (Å²) in [7, 11) is 1.25. The first-order valence-corrected chi connectivity index (χ1v) is 9.73. The average molecular weight is 381 g/mol. The van der Waals surface area contributed by atoms with Crippen LogP contribution in [0.3, 0.4) is 0 Å². The van der Waals surface area contributed by atoms with Gasteiger partial charge in [-0.3, -0.25) is 9.69 Å². The second kappa shape index (κ2) is 9.02. The number of esters is 1. The summed E-state index contributed by atoms with van der Waals surface area (Å²) in [5.41, 5.74) is 1.80. The summed E-state index contributed by atoms with van der Waals surface area (Å²) >= 11 is 0. The number of ketones is 1. The summed E-state index contributed by atoms with van der Waals surface area (Å²) in [5.74, 6) is -0.244. The number of nitrogens with zero attached hydrogens (tertiary/aromatic N) is 1. The van der Waals surface area contributed by atoms with Gasteiger partial charge in [-0.15, -0.1) is 0 Å². The van der Waals surface area contributed by atoms with Crippen molar-refractivity contribution >= 4 is 11.8 Å². The van der Waals surface area contributed by atoms with E-state index in [1.807, 2.05) is 13.0 Å². The number of carbonyl (C=O) groups is 2. The van der Waals surface area contributed by atoms with Gasteiger partial charge < -0.3 is 9.84 Å². The predicted molar refractivity (Wildman–Crippen MR) is 108 cm³/mol. The van der Waals surface area contributed by atoms with Gasteiger partial charge >= 0.3 is 5.97 Å². The van der Waals surface area contributed by atoms with Crippen LogP contribution in [0.4, 0.5) is 0 Å². The van der Waals surface area contributed by atoms with Crippen LogP contribution in [0.25, 0.3) is 0 Å². The van der Waals surface area contributed by atoms with Crippen LogP contribution in [0.2, 0.25) is 0 Å². The van der Waals surface area contributed by atoms with Crippen molar-refractivity contribution in [1.82, 2.24) is 4.90 Å². The minimum absolute atomic E-state index is 0.0159. The van der Waals surface area contributed by atoms with Crippen LogP contribution in [0.1, 0.15) is 46.0 Å². The molecule has 1 fully saturated rings. The van der Waals surface area contributed by atoms with E-state index in [9.17, 15) is 14.7 Å². The average Bonchev–Trinajstić information content (AvgIpc) is 2.74. The number of aromatic hydroxyl groups is 1. The first kappa shape index (κ1) is 20.1. The van der Waals surface area contributed by atoms with E-state index in [0.717, 1.165) is 32.4 Å². The third-order valence-electron chi connectivity index (χ3n) is 5.63. The maximum Gasteiger partial charge on any atom is 0.341 e. The van der Waals surface area contributed by atoms with Crippen molar-refractivity contribution in [2.75, 3.05) is 20.2 Å². The number of rotatable bonds is 6. The number of phenols is 1. The lowest BCUT2D eigenvalue weighted by Gasteiger charge is -2.35. The fourth-order valence-corrected chi connectivity index (χ4v) is 3.86. The van der Waals surface area contributed by atoms with E-state index in [1.54, 1.807) is 6.07 Å². The fourth-order valence-electron chi connectivity index (χ4n) is 3.86. The van der Waals surface area contributed by atoms with Crippen molar-refractivity contribution < 1.29 is 19.4 Å². The highest BCUT2D eigenvalue weighted by Crippen LogP contribution is 2.25. The summed E-state index contributed by atoms with van der Waals surface area (Å²) in [4.78, 5) is 26.9. The number of benzene rings is 2. The summed E-state index contributed by atoms with van der Waals surface area (Å²) in [6.45, 7) is 3.67. The maximum absolute atomic E-state index is 12.9. The van der Waals surface area contributed by atoms with Gasteiger partial charge in [0.05, 0.1) is 13.2 Å². The highest BCUT2D eigenvalue weighted by atomic mass is 16.5. The molecule has 1 N–H and O–H groups in total. The number of Topliss-reactive ketones (excluding diaryl/α,β-unsaturated/α-hetero) is 1. The number of hydrogen-bond acceptors (Lipinski definition) is 5. The zero-order valence-corrected chi connectivity index (χ0v) is 16.4. The van der Waals surface area contributed by atoms with Crippen molar-refractivity contribution in [1.29, 1.82) is 0 Å². The first-order valence-electron chi connectivity index (χ1n) is 9.73. The second-order valence-electron chi connectivity index (χ2n) is 7.43. The first-order chi connectivity index (χ1) is 13.5. The highest BCUT2D eigenvalue weighted by molar-refractivity contribution is 6.02. The molecule has 5 nitrogen and oxygen atoms in total. The minimum atomic E-state index is -0.651. The van der Waals surface area contributed by atoms with Crippen molar-refractivity contribution in [2.45, 2.75) is 32.2 Å². The SMILES string of the molecule is COC(=O)c1cc(C(=O)C(C)N2CCC(Cc3ccccc3)CC2)ccc1O. The number of ether oxygens (including phenoxy) is 1. The van der Waals surface area contributed by atoms with Crippen molar-refractivity contribution in [3.63, 3.8) is 0 Å². The van der Waals surface area contributed by atoms with E-state index >= 15 is 0 Å². The molecule has 0 aromatic heterocycles. The van der Waals surface area contributed by atoms with Crippen LogP contribution in [0.15, 0.2) is 48.5 Å². The molecule has 1 atom stereocenters. The largest absolute Gasteiger partial charge is 0.507 e. The molecular formula is C23H27NO4. The molecule has 28 heavy (non-hydrogen) atoms.